The van der Waals surface area contributed by atoms with Gasteiger partial charge in [0.1, 0.15) is 5.69 Å². The number of rotatable bonds is 6. The quantitative estimate of drug-likeness (QED) is 0.739. The van der Waals surface area contributed by atoms with Gasteiger partial charge in [0.25, 0.3) is 5.91 Å². The Morgan fingerprint density at radius 3 is 2.67 bits per heavy atom. The zero-order valence-electron chi connectivity index (χ0n) is 13.5. The molecule has 0 saturated carbocycles. The van der Waals surface area contributed by atoms with Crippen LogP contribution in [0.2, 0.25) is 0 Å². The Labute approximate surface area is 145 Å². The van der Waals surface area contributed by atoms with E-state index in [9.17, 15) is 4.79 Å². The van der Waals surface area contributed by atoms with Gasteiger partial charge in [-0.2, -0.15) is 0 Å². The number of nitrogens with zero attached hydrogens (tertiary/aromatic N) is 2. The number of hydrogen-bond acceptors (Lipinski definition) is 4. The Morgan fingerprint density at radius 2 is 2.04 bits per heavy atom. The monoisotopic (exact) mass is 337 g/mol. The highest BCUT2D eigenvalue weighted by Crippen LogP contribution is 2.26. The van der Waals surface area contributed by atoms with Gasteiger partial charge in [-0.1, -0.05) is 43.7 Å². The molecule has 0 spiro atoms. The summed E-state index contributed by atoms with van der Waals surface area (Å²) in [5.41, 5.74) is 2.70. The Kier molecular flexibility index (Phi) is 5.33. The number of hydrogen-bond donors (Lipinski definition) is 1. The van der Waals surface area contributed by atoms with Crippen LogP contribution < -0.4 is 5.32 Å². The number of thiophene rings is 1. The Bertz CT molecular complexity index is 770. The van der Waals surface area contributed by atoms with Crippen molar-refractivity contribution in [2.24, 2.45) is 0 Å². The molecule has 1 N–H and O–H groups in total. The van der Waals surface area contributed by atoms with Crippen molar-refractivity contribution in [2.75, 3.05) is 0 Å². The molecule has 1 amide bonds. The second-order valence-electron chi connectivity index (χ2n) is 5.50. The molecular weight excluding hydrogens is 318 g/mol. The maximum atomic E-state index is 12.5. The molecule has 3 rings (SSSR count). The van der Waals surface area contributed by atoms with Crippen LogP contribution in [0.3, 0.4) is 0 Å². The van der Waals surface area contributed by atoms with Crippen molar-refractivity contribution in [3.8, 4) is 0 Å². The number of carbonyl (C=O) groups excluding carboxylic acids is 1. The minimum absolute atomic E-state index is 0.185. The zero-order valence-corrected chi connectivity index (χ0v) is 14.3. The third kappa shape index (κ3) is 3.86. The Balaban J connectivity index is 1.86. The summed E-state index contributed by atoms with van der Waals surface area (Å²) >= 11 is 1.63. The molecule has 0 fully saturated rings. The number of nitrogens with one attached hydrogen (secondary N) is 1. The van der Waals surface area contributed by atoms with Crippen molar-refractivity contribution in [3.05, 3.63) is 82.1 Å². The fourth-order valence-corrected chi connectivity index (χ4v) is 3.36. The topological polar surface area (TPSA) is 54.9 Å². The second-order valence-corrected chi connectivity index (χ2v) is 6.48. The summed E-state index contributed by atoms with van der Waals surface area (Å²) in [6.07, 6.45) is 6.74. The number of amides is 1. The molecule has 2 heterocycles. The van der Waals surface area contributed by atoms with Gasteiger partial charge < -0.3 is 5.32 Å². The molecule has 0 aliphatic heterocycles. The molecule has 0 saturated heterocycles. The molecule has 5 heteroatoms. The highest BCUT2D eigenvalue weighted by molar-refractivity contribution is 7.10. The summed E-state index contributed by atoms with van der Waals surface area (Å²) in [6.45, 7) is 2.17. The molecule has 24 heavy (non-hydrogen) atoms. The third-order valence-electron chi connectivity index (χ3n) is 3.75. The number of carbonyl (C=O) groups is 1. The largest absolute Gasteiger partial charge is 0.339 e. The molecule has 1 unspecified atom stereocenters. The normalized spacial score (nSPS) is 11.9. The van der Waals surface area contributed by atoms with Crippen molar-refractivity contribution in [1.29, 1.82) is 0 Å². The van der Waals surface area contributed by atoms with Gasteiger partial charge in [0.05, 0.1) is 12.2 Å². The summed E-state index contributed by atoms with van der Waals surface area (Å²) in [7, 11) is 0. The molecule has 3 aromatic rings. The van der Waals surface area contributed by atoms with Crippen LogP contribution in [0, 0.1) is 0 Å². The summed E-state index contributed by atoms with van der Waals surface area (Å²) in [5, 5.41) is 5.09. The summed E-state index contributed by atoms with van der Waals surface area (Å²) in [4.78, 5) is 21.6. The predicted octanol–water partition coefficient (Wildman–Crippen LogP) is 4.01. The molecule has 0 aliphatic rings. The molecule has 122 valence electrons. The van der Waals surface area contributed by atoms with E-state index in [0.717, 1.165) is 23.3 Å². The van der Waals surface area contributed by atoms with Crippen molar-refractivity contribution in [2.45, 2.75) is 25.8 Å². The van der Waals surface area contributed by atoms with E-state index in [2.05, 4.69) is 46.5 Å². The van der Waals surface area contributed by atoms with Gasteiger partial charge in [-0.3, -0.25) is 9.78 Å². The molecule has 1 aromatic carbocycles. The van der Waals surface area contributed by atoms with Crippen molar-refractivity contribution >= 4 is 17.2 Å². The van der Waals surface area contributed by atoms with Gasteiger partial charge in [-0.25, -0.2) is 4.98 Å². The Hall–Kier alpha value is -2.53. The average Bonchev–Trinajstić information content (AvgIpc) is 3.16. The standard InChI is InChI=1S/C19H19N3OS/c1-2-4-14-6-8-15(9-7-14)18(17-5-3-12-24-17)22-19(23)16-13-20-10-11-21-16/h3,5-13,18H,2,4H2,1H3,(H,22,23). The van der Waals surface area contributed by atoms with E-state index < -0.39 is 0 Å². The molecule has 4 nitrogen and oxygen atoms in total. The maximum Gasteiger partial charge on any atom is 0.272 e. The molecule has 0 aliphatic carbocycles. The van der Waals surface area contributed by atoms with E-state index in [1.807, 2.05) is 17.5 Å². The van der Waals surface area contributed by atoms with Gasteiger partial charge in [-0.05, 0) is 29.0 Å². The first-order valence-electron chi connectivity index (χ1n) is 7.97. The first-order chi connectivity index (χ1) is 11.8. The fraction of sp³-hybridized carbons (Fsp3) is 0.211. The Morgan fingerprint density at radius 1 is 1.21 bits per heavy atom. The number of benzene rings is 1. The van der Waals surface area contributed by atoms with Gasteiger partial charge in [0.15, 0.2) is 0 Å². The van der Waals surface area contributed by atoms with E-state index in [4.69, 9.17) is 0 Å². The average molecular weight is 337 g/mol. The first-order valence-corrected chi connectivity index (χ1v) is 8.85. The van der Waals surface area contributed by atoms with Crippen molar-refractivity contribution in [1.82, 2.24) is 15.3 Å². The smallest absolute Gasteiger partial charge is 0.272 e. The molecule has 2 aromatic heterocycles. The highest BCUT2D eigenvalue weighted by Gasteiger charge is 2.19. The van der Waals surface area contributed by atoms with E-state index in [0.29, 0.717) is 5.69 Å². The first kappa shape index (κ1) is 16.3. The van der Waals surface area contributed by atoms with Crippen LogP contribution in [0.25, 0.3) is 0 Å². The zero-order chi connectivity index (χ0) is 16.8. The van der Waals surface area contributed by atoms with E-state index in [1.54, 1.807) is 17.5 Å². The van der Waals surface area contributed by atoms with Gasteiger partial charge in [0, 0.05) is 17.3 Å². The van der Waals surface area contributed by atoms with Crippen LogP contribution in [0.15, 0.2) is 60.4 Å². The predicted molar refractivity (Wildman–Crippen MR) is 96.1 cm³/mol. The van der Waals surface area contributed by atoms with Crippen LogP contribution >= 0.6 is 11.3 Å². The lowest BCUT2D eigenvalue weighted by Crippen LogP contribution is -2.29. The maximum absolute atomic E-state index is 12.5. The molecule has 1 atom stereocenters. The second kappa shape index (κ2) is 7.84. The van der Waals surface area contributed by atoms with Gasteiger partial charge in [0.2, 0.25) is 0 Å². The number of aryl methyl sites for hydroxylation is 1. The van der Waals surface area contributed by atoms with Gasteiger partial charge >= 0.3 is 0 Å². The molecule has 0 bridgehead atoms. The lowest BCUT2D eigenvalue weighted by molar-refractivity contribution is 0.0938. The summed E-state index contributed by atoms with van der Waals surface area (Å²) in [5.74, 6) is -0.223. The van der Waals surface area contributed by atoms with E-state index in [1.165, 1.54) is 18.0 Å². The molecular formula is C19H19N3OS. The van der Waals surface area contributed by atoms with Crippen LogP contribution in [0.1, 0.15) is 45.9 Å². The summed E-state index contributed by atoms with van der Waals surface area (Å²) < 4.78 is 0. The van der Waals surface area contributed by atoms with E-state index in [-0.39, 0.29) is 11.9 Å². The van der Waals surface area contributed by atoms with Crippen LogP contribution in [-0.2, 0) is 6.42 Å². The lowest BCUT2D eigenvalue weighted by Gasteiger charge is -2.18. The number of aromatic nitrogens is 2. The minimum atomic E-state index is -0.223. The fourth-order valence-electron chi connectivity index (χ4n) is 2.56. The van der Waals surface area contributed by atoms with Gasteiger partial charge in [-0.15, -0.1) is 11.3 Å². The minimum Gasteiger partial charge on any atom is -0.339 e. The van der Waals surface area contributed by atoms with E-state index >= 15 is 0 Å². The SMILES string of the molecule is CCCc1ccc(C(NC(=O)c2cnccn2)c2cccs2)cc1. The van der Waals surface area contributed by atoms with Crippen LogP contribution in [0.5, 0.6) is 0 Å². The van der Waals surface area contributed by atoms with Crippen LogP contribution in [0.4, 0.5) is 0 Å². The summed E-state index contributed by atoms with van der Waals surface area (Å²) in [6, 6.07) is 12.3. The lowest BCUT2D eigenvalue weighted by atomic mass is 10.0. The third-order valence-corrected chi connectivity index (χ3v) is 4.69. The van der Waals surface area contributed by atoms with Crippen LogP contribution in [-0.4, -0.2) is 15.9 Å². The van der Waals surface area contributed by atoms with Crippen molar-refractivity contribution < 1.29 is 4.79 Å². The van der Waals surface area contributed by atoms with Crippen molar-refractivity contribution in [3.63, 3.8) is 0 Å². The highest BCUT2D eigenvalue weighted by atomic mass is 32.1. The molecule has 0 radical (unpaired) electrons.